The van der Waals surface area contributed by atoms with Crippen LogP contribution in [0.25, 0.3) is 15.9 Å². The molecular formula is C19H20N6O2S2. The Morgan fingerprint density at radius 2 is 2.17 bits per heavy atom. The smallest absolute Gasteiger partial charge is 0.259 e. The van der Waals surface area contributed by atoms with Gasteiger partial charge in [-0.25, -0.2) is 4.98 Å². The third kappa shape index (κ3) is 3.90. The van der Waals surface area contributed by atoms with Gasteiger partial charge in [0, 0.05) is 11.1 Å². The van der Waals surface area contributed by atoms with E-state index < -0.39 is 0 Å². The summed E-state index contributed by atoms with van der Waals surface area (Å²) >= 11 is 2.94. The second-order valence-electron chi connectivity index (χ2n) is 6.69. The first-order valence-corrected chi connectivity index (χ1v) is 11.0. The fraction of sp³-hybridized carbons (Fsp3) is 0.316. The van der Waals surface area contributed by atoms with Crippen LogP contribution in [0.5, 0.6) is 0 Å². The van der Waals surface area contributed by atoms with Crippen LogP contribution in [0.3, 0.4) is 0 Å². The van der Waals surface area contributed by atoms with Crippen molar-refractivity contribution < 1.29 is 4.79 Å². The summed E-state index contributed by atoms with van der Waals surface area (Å²) in [7, 11) is 0. The van der Waals surface area contributed by atoms with E-state index >= 15 is 0 Å². The quantitative estimate of drug-likeness (QED) is 0.489. The van der Waals surface area contributed by atoms with E-state index in [1.54, 1.807) is 0 Å². The molecule has 1 atom stereocenters. The summed E-state index contributed by atoms with van der Waals surface area (Å²) in [5, 5.41) is 11.4. The van der Waals surface area contributed by atoms with E-state index in [1.165, 1.54) is 23.1 Å². The van der Waals surface area contributed by atoms with Crippen LogP contribution in [-0.2, 0) is 17.1 Å². The maximum absolute atomic E-state index is 12.4. The van der Waals surface area contributed by atoms with Crippen molar-refractivity contribution in [1.82, 2.24) is 29.9 Å². The van der Waals surface area contributed by atoms with Crippen molar-refractivity contribution in [2.45, 2.75) is 38.3 Å². The predicted octanol–water partition coefficient (Wildman–Crippen LogP) is 2.58. The molecule has 0 spiro atoms. The number of aromatic amines is 1. The molecule has 0 aliphatic heterocycles. The van der Waals surface area contributed by atoms with Crippen LogP contribution >= 0.6 is 23.1 Å². The first kappa shape index (κ1) is 19.6. The molecule has 2 N–H and O–H groups in total. The van der Waals surface area contributed by atoms with Gasteiger partial charge in [-0.15, -0.1) is 33.3 Å². The number of pyridine rings is 1. The lowest BCUT2D eigenvalue weighted by Crippen LogP contribution is -2.31. The van der Waals surface area contributed by atoms with Crippen molar-refractivity contribution in [3.05, 3.63) is 56.8 Å². The minimum Gasteiger partial charge on any atom is -0.348 e. The zero-order valence-corrected chi connectivity index (χ0v) is 17.9. The largest absolute Gasteiger partial charge is 0.348 e. The van der Waals surface area contributed by atoms with E-state index in [0.717, 1.165) is 20.9 Å². The Morgan fingerprint density at radius 1 is 1.34 bits per heavy atom. The number of nitrogens with zero attached hydrogens (tertiary/aromatic N) is 4. The number of thiophene rings is 1. The van der Waals surface area contributed by atoms with Gasteiger partial charge in [-0.1, -0.05) is 6.07 Å². The number of thioether (sulfide) groups is 1. The standard InChI is InChI=1S/C19H20N6O2S2/c1-10-11(2)29-19-16(10)18(27)21-13(22-19)9-28-12(3)17(26)20-8-15-24-23-14-6-4-5-7-25(14)15/h4-7,12H,8-9H2,1-3H3,(H,20,26)(H,21,22,27). The van der Waals surface area contributed by atoms with Crippen LogP contribution in [0.15, 0.2) is 29.2 Å². The highest BCUT2D eigenvalue weighted by molar-refractivity contribution is 7.99. The van der Waals surface area contributed by atoms with Gasteiger partial charge in [-0.2, -0.15) is 0 Å². The van der Waals surface area contributed by atoms with Crippen LogP contribution in [0.4, 0.5) is 0 Å². The molecule has 4 rings (SSSR count). The van der Waals surface area contributed by atoms with Gasteiger partial charge in [0.25, 0.3) is 5.56 Å². The molecule has 0 aliphatic rings. The molecule has 0 saturated heterocycles. The SMILES string of the molecule is Cc1sc2nc(CSC(C)C(=O)NCc3nnc4ccccn34)[nH]c(=O)c2c1C. The molecule has 0 bridgehead atoms. The number of hydrogen-bond acceptors (Lipinski definition) is 7. The summed E-state index contributed by atoms with van der Waals surface area (Å²) in [6, 6.07) is 5.64. The van der Waals surface area contributed by atoms with Crippen molar-refractivity contribution in [1.29, 1.82) is 0 Å². The Morgan fingerprint density at radius 3 is 3.00 bits per heavy atom. The molecule has 29 heavy (non-hydrogen) atoms. The first-order valence-electron chi connectivity index (χ1n) is 9.11. The van der Waals surface area contributed by atoms with Crippen molar-refractivity contribution in [3.8, 4) is 0 Å². The van der Waals surface area contributed by atoms with Crippen molar-refractivity contribution in [2.24, 2.45) is 0 Å². The normalized spacial score (nSPS) is 12.5. The van der Waals surface area contributed by atoms with Crippen molar-refractivity contribution in [2.75, 3.05) is 0 Å². The first-order chi connectivity index (χ1) is 13.9. The van der Waals surface area contributed by atoms with Gasteiger partial charge in [0.05, 0.1) is 22.9 Å². The fourth-order valence-corrected chi connectivity index (χ4v) is 4.80. The number of hydrogen-bond donors (Lipinski definition) is 2. The van der Waals surface area contributed by atoms with Gasteiger partial charge in [0.2, 0.25) is 5.91 Å². The maximum Gasteiger partial charge on any atom is 0.259 e. The number of aromatic nitrogens is 5. The highest BCUT2D eigenvalue weighted by atomic mass is 32.2. The number of fused-ring (bicyclic) bond motifs is 2. The number of aryl methyl sites for hydroxylation is 2. The van der Waals surface area contributed by atoms with Crippen LogP contribution in [0.2, 0.25) is 0 Å². The van der Waals surface area contributed by atoms with E-state index in [4.69, 9.17) is 0 Å². The molecule has 1 unspecified atom stereocenters. The van der Waals surface area contributed by atoms with Gasteiger partial charge >= 0.3 is 0 Å². The molecule has 0 aliphatic carbocycles. The van der Waals surface area contributed by atoms with Gasteiger partial charge in [-0.05, 0) is 38.5 Å². The second kappa shape index (κ2) is 7.96. The topological polar surface area (TPSA) is 105 Å². The predicted molar refractivity (Wildman–Crippen MR) is 115 cm³/mol. The highest BCUT2D eigenvalue weighted by Crippen LogP contribution is 2.26. The molecule has 4 heterocycles. The number of H-pyrrole nitrogens is 1. The van der Waals surface area contributed by atoms with Crippen LogP contribution < -0.4 is 10.9 Å². The van der Waals surface area contributed by atoms with Crippen LogP contribution in [0.1, 0.15) is 29.0 Å². The Kier molecular flexibility index (Phi) is 5.37. The number of rotatable bonds is 6. The third-order valence-electron chi connectivity index (χ3n) is 4.73. The molecular weight excluding hydrogens is 408 g/mol. The number of carbonyl (C=O) groups excluding carboxylic acids is 1. The average molecular weight is 429 g/mol. The number of nitrogens with one attached hydrogen (secondary N) is 2. The summed E-state index contributed by atoms with van der Waals surface area (Å²) in [5.74, 6) is 1.60. The molecule has 10 heteroatoms. The average Bonchev–Trinajstić information content (AvgIpc) is 3.25. The van der Waals surface area contributed by atoms with E-state index in [2.05, 4.69) is 25.5 Å². The molecule has 0 saturated carbocycles. The Balaban J connectivity index is 1.38. The molecule has 1 amide bonds. The van der Waals surface area contributed by atoms with Crippen LogP contribution in [0, 0.1) is 13.8 Å². The Hall–Kier alpha value is -2.72. The van der Waals surface area contributed by atoms with E-state index in [-0.39, 0.29) is 16.7 Å². The molecule has 0 fully saturated rings. The number of carbonyl (C=O) groups is 1. The molecule has 4 aromatic rings. The molecule has 8 nitrogen and oxygen atoms in total. The lowest BCUT2D eigenvalue weighted by molar-refractivity contribution is -0.120. The monoisotopic (exact) mass is 428 g/mol. The molecule has 0 radical (unpaired) electrons. The summed E-state index contributed by atoms with van der Waals surface area (Å²) in [6.07, 6.45) is 1.86. The van der Waals surface area contributed by atoms with Gasteiger partial charge in [-0.3, -0.25) is 14.0 Å². The lowest BCUT2D eigenvalue weighted by Gasteiger charge is -2.11. The summed E-state index contributed by atoms with van der Waals surface area (Å²) in [6.45, 7) is 6.05. The maximum atomic E-state index is 12.4. The minimum atomic E-state index is -0.304. The summed E-state index contributed by atoms with van der Waals surface area (Å²) in [5.41, 5.74) is 1.60. The van der Waals surface area contributed by atoms with Crippen LogP contribution in [-0.4, -0.2) is 35.7 Å². The highest BCUT2D eigenvalue weighted by Gasteiger charge is 2.17. The van der Waals surface area contributed by atoms with E-state index in [0.29, 0.717) is 29.3 Å². The zero-order valence-electron chi connectivity index (χ0n) is 16.2. The zero-order chi connectivity index (χ0) is 20.5. The molecule has 4 aromatic heterocycles. The van der Waals surface area contributed by atoms with E-state index in [9.17, 15) is 9.59 Å². The lowest BCUT2D eigenvalue weighted by atomic mass is 10.2. The van der Waals surface area contributed by atoms with E-state index in [1.807, 2.05) is 49.6 Å². The van der Waals surface area contributed by atoms with Gasteiger partial charge in [0.15, 0.2) is 11.5 Å². The minimum absolute atomic E-state index is 0.103. The van der Waals surface area contributed by atoms with Gasteiger partial charge < -0.3 is 10.3 Å². The summed E-state index contributed by atoms with van der Waals surface area (Å²) < 4.78 is 1.84. The second-order valence-corrected chi connectivity index (χ2v) is 9.22. The molecule has 0 aromatic carbocycles. The fourth-order valence-electron chi connectivity index (χ4n) is 2.97. The third-order valence-corrected chi connectivity index (χ3v) is 6.99. The van der Waals surface area contributed by atoms with Crippen molar-refractivity contribution in [3.63, 3.8) is 0 Å². The Bertz CT molecular complexity index is 1260. The van der Waals surface area contributed by atoms with Gasteiger partial charge in [0.1, 0.15) is 10.7 Å². The Labute approximate surface area is 174 Å². The molecule has 150 valence electrons. The number of amides is 1. The van der Waals surface area contributed by atoms with Crippen molar-refractivity contribution >= 4 is 44.9 Å². The summed E-state index contributed by atoms with van der Waals surface area (Å²) in [4.78, 5) is 34.0.